The van der Waals surface area contributed by atoms with Crippen molar-refractivity contribution in [1.29, 1.82) is 5.26 Å². The number of nitriles is 1. The third kappa shape index (κ3) is 3.54. The lowest BCUT2D eigenvalue weighted by molar-refractivity contribution is 0.00795. The van der Waals surface area contributed by atoms with Crippen molar-refractivity contribution in [2.45, 2.75) is 39.2 Å². The van der Waals surface area contributed by atoms with Crippen molar-refractivity contribution in [2.75, 3.05) is 13.1 Å². The van der Waals surface area contributed by atoms with Gasteiger partial charge in [0.05, 0.1) is 22.3 Å². The average Bonchev–Trinajstić information content (AvgIpc) is 2.99. The Kier molecular flexibility index (Phi) is 4.50. The number of aryl methyl sites for hydroxylation is 1. The van der Waals surface area contributed by atoms with Crippen LogP contribution in [0.25, 0.3) is 16.7 Å². The number of likely N-dealkylation sites (tertiary alicyclic amines) is 1. The van der Waals surface area contributed by atoms with Crippen LogP contribution in [0, 0.1) is 18.3 Å². The highest BCUT2D eigenvalue weighted by Gasteiger charge is 2.37. The molecule has 0 spiro atoms. The number of aromatic nitrogens is 3. The molecule has 3 aromatic rings. The first-order chi connectivity index (χ1) is 13.8. The molecule has 7 nitrogen and oxygen atoms in total. The van der Waals surface area contributed by atoms with E-state index in [0.29, 0.717) is 24.3 Å². The summed E-state index contributed by atoms with van der Waals surface area (Å²) in [5.74, 6) is 0.0352. The van der Waals surface area contributed by atoms with Crippen LogP contribution in [0.4, 0.5) is 4.79 Å². The summed E-state index contributed by atoms with van der Waals surface area (Å²) < 4.78 is 7.22. The molecule has 0 atom stereocenters. The van der Waals surface area contributed by atoms with Gasteiger partial charge in [0.1, 0.15) is 11.7 Å². The molecule has 4 rings (SSSR count). The van der Waals surface area contributed by atoms with Crippen molar-refractivity contribution >= 4 is 17.1 Å². The predicted molar refractivity (Wildman–Crippen MR) is 109 cm³/mol. The zero-order chi connectivity index (χ0) is 20.8. The number of hydrogen-bond acceptors (Lipinski definition) is 5. The van der Waals surface area contributed by atoms with Crippen LogP contribution in [0.5, 0.6) is 0 Å². The molecule has 0 aliphatic carbocycles. The van der Waals surface area contributed by atoms with Gasteiger partial charge in [0.25, 0.3) is 0 Å². The Hall–Kier alpha value is -3.40. The van der Waals surface area contributed by atoms with Crippen LogP contribution in [0.3, 0.4) is 0 Å². The molecule has 0 radical (unpaired) electrons. The van der Waals surface area contributed by atoms with E-state index in [1.165, 1.54) is 0 Å². The van der Waals surface area contributed by atoms with E-state index in [4.69, 9.17) is 9.84 Å². The molecule has 29 heavy (non-hydrogen) atoms. The summed E-state index contributed by atoms with van der Waals surface area (Å²) in [5, 5.41) is 15.2. The van der Waals surface area contributed by atoms with Crippen LogP contribution in [0.15, 0.2) is 36.5 Å². The Morgan fingerprint density at radius 2 is 1.90 bits per heavy atom. The fourth-order valence-corrected chi connectivity index (χ4v) is 3.44. The molecule has 1 amide bonds. The Labute approximate surface area is 169 Å². The van der Waals surface area contributed by atoms with Crippen molar-refractivity contribution in [3.05, 3.63) is 53.3 Å². The van der Waals surface area contributed by atoms with E-state index in [0.717, 1.165) is 22.3 Å². The second-order valence-corrected chi connectivity index (χ2v) is 8.38. The fraction of sp³-hybridized carbons (Fsp3) is 0.364. The van der Waals surface area contributed by atoms with Crippen molar-refractivity contribution < 1.29 is 9.53 Å². The maximum atomic E-state index is 12.3. The van der Waals surface area contributed by atoms with Crippen LogP contribution < -0.4 is 0 Å². The summed E-state index contributed by atoms with van der Waals surface area (Å²) in [6, 6.07) is 12.0. The summed E-state index contributed by atoms with van der Waals surface area (Å²) >= 11 is 0. The quantitative estimate of drug-likeness (QED) is 0.663. The zero-order valence-corrected chi connectivity index (χ0v) is 17.0. The summed E-state index contributed by atoms with van der Waals surface area (Å²) in [6.45, 7) is 8.60. The number of nitrogens with zero attached hydrogens (tertiary/aromatic N) is 5. The smallest absolute Gasteiger partial charge is 0.410 e. The summed E-state index contributed by atoms with van der Waals surface area (Å²) in [7, 11) is 0. The van der Waals surface area contributed by atoms with Crippen LogP contribution >= 0.6 is 0 Å². The summed E-state index contributed by atoms with van der Waals surface area (Å²) in [4.78, 5) is 18.4. The van der Waals surface area contributed by atoms with Gasteiger partial charge < -0.3 is 9.64 Å². The number of benzene rings is 1. The number of rotatable bonds is 2. The number of carbonyl (C=O) groups is 1. The first-order valence-corrected chi connectivity index (χ1v) is 9.59. The Morgan fingerprint density at radius 1 is 1.21 bits per heavy atom. The highest BCUT2D eigenvalue weighted by Crippen LogP contribution is 2.34. The number of carbonyl (C=O) groups excluding carboxylic acids is 1. The molecule has 148 valence electrons. The highest BCUT2D eigenvalue weighted by molar-refractivity contribution is 5.87. The van der Waals surface area contributed by atoms with Gasteiger partial charge in [-0.05, 0) is 45.9 Å². The topological polar surface area (TPSA) is 84.0 Å². The van der Waals surface area contributed by atoms with Gasteiger partial charge in [0.15, 0.2) is 5.65 Å². The van der Waals surface area contributed by atoms with E-state index >= 15 is 0 Å². The van der Waals surface area contributed by atoms with Crippen molar-refractivity contribution in [2.24, 2.45) is 0 Å². The van der Waals surface area contributed by atoms with Crippen LogP contribution in [0.1, 0.15) is 43.5 Å². The van der Waals surface area contributed by atoms with Gasteiger partial charge in [-0.2, -0.15) is 10.4 Å². The molecule has 0 saturated carbocycles. The van der Waals surface area contributed by atoms with Crippen LogP contribution in [-0.2, 0) is 4.74 Å². The molecule has 3 heterocycles. The first-order valence-electron chi connectivity index (χ1n) is 9.59. The third-order valence-electron chi connectivity index (χ3n) is 4.91. The molecule has 0 bridgehead atoms. The third-order valence-corrected chi connectivity index (χ3v) is 4.91. The van der Waals surface area contributed by atoms with Crippen LogP contribution in [0.2, 0.25) is 0 Å². The van der Waals surface area contributed by atoms with Crippen LogP contribution in [-0.4, -0.2) is 44.4 Å². The van der Waals surface area contributed by atoms with Crippen molar-refractivity contribution in [3.63, 3.8) is 0 Å². The van der Waals surface area contributed by atoms with Crippen molar-refractivity contribution in [1.82, 2.24) is 19.7 Å². The monoisotopic (exact) mass is 389 g/mol. The number of fused-ring (bicyclic) bond motifs is 1. The largest absolute Gasteiger partial charge is 0.444 e. The van der Waals surface area contributed by atoms with Gasteiger partial charge in [0, 0.05) is 25.2 Å². The van der Waals surface area contributed by atoms with Gasteiger partial charge in [-0.25, -0.2) is 14.5 Å². The average molecular weight is 389 g/mol. The fourth-order valence-electron chi connectivity index (χ4n) is 3.44. The van der Waals surface area contributed by atoms with Gasteiger partial charge in [-0.15, -0.1) is 0 Å². The second-order valence-electron chi connectivity index (χ2n) is 8.38. The van der Waals surface area contributed by atoms with Gasteiger partial charge >= 0.3 is 6.09 Å². The van der Waals surface area contributed by atoms with Gasteiger partial charge in [0.2, 0.25) is 0 Å². The molecule has 1 aromatic carbocycles. The number of hydrogen-bond donors (Lipinski definition) is 0. The van der Waals surface area contributed by atoms with E-state index < -0.39 is 5.60 Å². The standard InChI is InChI=1S/C22H23N5O2/c1-14-5-7-17(8-6-14)27-20-18(15(11-23)9-10-24-20)19(25-27)16-12-26(13-16)21(28)29-22(2,3)4/h5-10,16H,12-13H2,1-4H3. The minimum atomic E-state index is -0.528. The lowest BCUT2D eigenvalue weighted by atomic mass is 9.93. The Balaban J connectivity index is 1.70. The zero-order valence-electron chi connectivity index (χ0n) is 17.0. The van der Waals surface area contributed by atoms with Gasteiger partial charge in [-0.1, -0.05) is 17.7 Å². The Morgan fingerprint density at radius 3 is 2.52 bits per heavy atom. The molecule has 7 heteroatoms. The lowest BCUT2D eigenvalue weighted by Gasteiger charge is -2.39. The maximum Gasteiger partial charge on any atom is 0.410 e. The maximum absolute atomic E-state index is 12.3. The predicted octanol–water partition coefficient (Wildman–Crippen LogP) is 3.93. The molecule has 1 aliphatic rings. The summed E-state index contributed by atoms with van der Waals surface area (Å²) in [5.41, 5.74) is 3.50. The summed E-state index contributed by atoms with van der Waals surface area (Å²) in [6.07, 6.45) is 1.31. The number of pyridine rings is 1. The van der Waals surface area contributed by atoms with E-state index in [1.807, 2.05) is 52.0 Å². The SMILES string of the molecule is Cc1ccc(-n2nc(C3CN(C(=O)OC(C)(C)C)C3)c3c(C#N)ccnc32)cc1. The molecule has 2 aromatic heterocycles. The number of amides is 1. The number of ether oxygens (including phenoxy) is 1. The van der Waals surface area contributed by atoms with E-state index in [9.17, 15) is 10.1 Å². The van der Waals surface area contributed by atoms with E-state index in [-0.39, 0.29) is 12.0 Å². The second kappa shape index (κ2) is 6.89. The molecule has 1 aliphatic heterocycles. The first kappa shape index (κ1) is 18.9. The molecule has 1 saturated heterocycles. The molecular formula is C22H23N5O2. The highest BCUT2D eigenvalue weighted by atomic mass is 16.6. The molecule has 0 N–H and O–H groups in total. The molecule has 0 unspecified atom stereocenters. The minimum absolute atomic E-state index is 0.0352. The molecular weight excluding hydrogens is 366 g/mol. The van der Waals surface area contributed by atoms with E-state index in [2.05, 4.69) is 11.1 Å². The van der Waals surface area contributed by atoms with Crippen molar-refractivity contribution in [3.8, 4) is 11.8 Å². The molecule has 1 fully saturated rings. The lowest BCUT2D eigenvalue weighted by Crippen LogP contribution is -2.50. The Bertz CT molecular complexity index is 1110. The minimum Gasteiger partial charge on any atom is -0.444 e. The normalized spacial score (nSPS) is 14.5. The van der Waals surface area contributed by atoms with E-state index in [1.54, 1.807) is 21.8 Å². The van der Waals surface area contributed by atoms with Gasteiger partial charge in [-0.3, -0.25) is 0 Å².